The Morgan fingerprint density at radius 1 is 1.11 bits per heavy atom. The number of rotatable bonds is 2. The number of carbonyl (C=O) groups excluding carboxylic acids is 1. The fraction of sp³-hybridized carbons (Fsp3) is 0.800. The minimum atomic E-state index is -1.72. The zero-order valence-electron chi connectivity index (χ0n) is 19.1. The number of ketones is 1. The van der Waals surface area contributed by atoms with E-state index in [9.17, 15) is 4.79 Å². The molecular formula is C25H40O2Si. The van der Waals surface area contributed by atoms with Crippen molar-refractivity contribution in [3.05, 3.63) is 23.8 Å². The van der Waals surface area contributed by atoms with Crippen molar-refractivity contribution in [3.8, 4) is 0 Å². The molecule has 0 spiro atoms. The molecule has 3 heteroatoms. The smallest absolute Gasteiger partial charge is 0.192 e. The van der Waals surface area contributed by atoms with Crippen molar-refractivity contribution in [2.45, 2.75) is 97.4 Å². The van der Waals surface area contributed by atoms with Gasteiger partial charge in [-0.3, -0.25) is 4.79 Å². The van der Waals surface area contributed by atoms with E-state index >= 15 is 0 Å². The van der Waals surface area contributed by atoms with E-state index in [0.717, 1.165) is 25.2 Å². The van der Waals surface area contributed by atoms with Crippen molar-refractivity contribution < 1.29 is 9.22 Å². The summed E-state index contributed by atoms with van der Waals surface area (Å²) < 4.78 is 6.81. The summed E-state index contributed by atoms with van der Waals surface area (Å²) in [7, 11) is -1.72. The summed E-state index contributed by atoms with van der Waals surface area (Å²) in [4.78, 5) is 12.5. The van der Waals surface area contributed by atoms with Gasteiger partial charge in [0, 0.05) is 11.5 Å². The lowest BCUT2D eigenvalue weighted by Crippen LogP contribution is -2.52. The van der Waals surface area contributed by atoms with Crippen LogP contribution in [0.3, 0.4) is 0 Å². The van der Waals surface area contributed by atoms with Gasteiger partial charge < -0.3 is 4.43 Å². The molecule has 0 aromatic rings. The molecule has 156 valence electrons. The van der Waals surface area contributed by atoms with Crippen molar-refractivity contribution >= 4 is 14.1 Å². The largest absolute Gasteiger partial charge is 0.414 e. The topological polar surface area (TPSA) is 26.3 Å². The van der Waals surface area contributed by atoms with Crippen LogP contribution in [0.4, 0.5) is 0 Å². The first-order valence-electron chi connectivity index (χ1n) is 11.5. The first kappa shape index (κ1) is 20.6. The van der Waals surface area contributed by atoms with Gasteiger partial charge in [0.2, 0.25) is 0 Å². The Morgan fingerprint density at radius 2 is 1.79 bits per heavy atom. The summed E-state index contributed by atoms with van der Waals surface area (Å²) in [5.74, 6) is 2.21. The first-order valence-corrected chi connectivity index (χ1v) is 14.4. The summed E-state index contributed by atoms with van der Waals surface area (Å²) in [6.07, 6.45) is 14.1. The minimum absolute atomic E-state index is 0.120. The average Bonchev–Trinajstić information content (AvgIpc) is 2.89. The number of allylic oxidation sites excluding steroid dienone is 3. The predicted octanol–water partition coefficient (Wildman–Crippen LogP) is 6.68. The molecule has 4 rings (SSSR count). The maximum absolute atomic E-state index is 12.5. The van der Waals surface area contributed by atoms with Crippen LogP contribution >= 0.6 is 0 Å². The quantitative estimate of drug-likeness (QED) is 0.381. The molecule has 1 unspecified atom stereocenters. The van der Waals surface area contributed by atoms with E-state index < -0.39 is 8.32 Å². The van der Waals surface area contributed by atoms with Crippen molar-refractivity contribution in [1.82, 2.24) is 0 Å². The fourth-order valence-corrected chi connectivity index (χ4v) is 7.99. The second-order valence-corrected chi connectivity index (χ2v) is 16.9. The third-order valence-corrected chi connectivity index (χ3v) is 14.1. The second-order valence-electron chi connectivity index (χ2n) is 12.1. The van der Waals surface area contributed by atoms with Gasteiger partial charge in [0.25, 0.3) is 0 Å². The fourth-order valence-electron chi connectivity index (χ4n) is 6.60. The van der Waals surface area contributed by atoms with Crippen LogP contribution in [0, 0.1) is 28.6 Å². The monoisotopic (exact) mass is 400 g/mol. The Hall–Kier alpha value is -0.673. The van der Waals surface area contributed by atoms with E-state index in [-0.39, 0.29) is 10.5 Å². The van der Waals surface area contributed by atoms with Gasteiger partial charge in [-0.25, -0.2) is 0 Å². The van der Waals surface area contributed by atoms with Crippen LogP contribution < -0.4 is 0 Å². The zero-order chi connectivity index (χ0) is 20.5. The molecule has 0 aromatic carbocycles. The highest BCUT2D eigenvalue weighted by Crippen LogP contribution is 2.63. The lowest BCUT2D eigenvalue weighted by Gasteiger charge is -2.57. The molecular weight excluding hydrogens is 360 g/mol. The van der Waals surface area contributed by atoms with E-state index in [1.807, 2.05) is 6.08 Å². The first-order chi connectivity index (χ1) is 12.9. The van der Waals surface area contributed by atoms with Crippen LogP contribution in [0.15, 0.2) is 23.8 Å². The normalized spacial score (nSPS) is 43.2. The molecule has 0 N–H and O–H groups in total. The van der Waals surface area contributed by atoms with Crippen LogP contribution in [-0.2, 0) is 9.22 Å². The average molecular weight is 401 g/mol. The molecule has 0 aromatic heterocycles. The lowest BCUT2D eigenvalue weighted by atomic mass is 9.48. The summed E-state index contributed by atoms with van der Waals surface area (Å²) in [5, 5.41) is 0.273. The van der Waals surface area contributed by atoms with E-state index in [0.29, 0.717) is 29.1 Å². The molecule has 0 heterocycles. The number of hydrogen-bond donors (Lipinski definition) is 0. The SMILES string of the molecule is CC(C)(C)[Si](C)(C)OC1CC[C@@]2(C)C(=CC[C@@H]3[C@H]2CC[C@]2(C)C(=O)C=C[C@@H]32)C1. The number of fused-ring (bicyclic) bond motifs is 5. The highest BCUT2D eigenvalue weighted by molar-refractivity contribution is 6.74. The van der Waals surface area contributed by atoms with Crippen LogP contribution in [0.5, 0.6) is 0 Å². The van der Waals surface area contributed by atoms with Crippen LogP contribution in [0.1, 0.15) is 73.1 Å². The van der Waals surface area contributed by atoms with E-state index in [1.54, 1.807) is 5.57 Å². The Bertz CT molecular complexity index is 727. The molecule has 4 aliphatic rings. The Balaban J connectivity index is 1.54. The molecule has 28 heavy (non-hydrogen) atoms. The molecule has 0 saturated heterocycles. The number of hydrogen-bond acceptors (Lipinski definition) is 2. The lowest BCUT2D eigenvalue weighted by molar-refractivity contribution is -0.129. The Morgan fingerprint density at radius 3 is 2.46 bits per heavy atom. The Kier molecular flexibility index (Phi) is 4.71. The molecule has 4 aliphatic carbocycles. The maximum atomic E-state index is 12.5. The van der Waals surface area contributed by atoms with Crippen molar-refractivity contribution in [2.75, 3.05) is 0 Å². The van der Waals surface area contributed by atoms with Gasteiger partial charge in [0.1, 0.15) is 0 Å². The molecule has 2 nitrogen and oxygen atoms in total. The van der Waals surface area contributed by atoms with Gasteiger partial charge >= 0.3 is 0 Å². The molecule has 2 fully saturated rings. The van der Waals surface area contributed by atoms with E-state index in [4.69, 9.17) is 4.43 Å². The van der Waals surface area contributed by atoms with Gasteiger partial charge in [-0.2, -0.15) is 0 Å². The molecule has 0 radical (unpaired) electrons. The minimum Gasteiger partial charge on any atom is -0.414 e. The number of carbonyl (C=O) groups is 1. The van der Waals surface area contributed by atoms with E-state index in [1.165, 1.54) is 19.3 Å². The highest BCUT2D eigenvalue weighted by Gasteiger charge is 2.57. The molecule has 0 amide bonds. The second kappa shape index (κ2) is 6.41. The standard InChI is InChI=1S/C25H40O2Si/c1-23(2,3)28(6,7)27-18-12-14-24(4)17(16-18)8-9-19-20-10-11-22(26)25(20,5)15-13-21(19)24/h8,10-11,18-21H,9,12-16H2,1-7H3/t18?,19-,20-,21+,24-,25-/m0/s1. The van der Waals surface area contributed by atoms with Gasteiger partial charge in [0.15, 0.2) is 14.1 Å². The van der Waals surface area contributed by atoms with Crippen molar-refractivity contribution in [3.63, 3.8) is 0 Å². The van der Waals surface area contributed by atoms with E-state index in [2.05, 4.69) is 59.9 Å². The van der Waals surface area contributed by atoms with Crippen LogP contribution in [0.2, 0.25) is 18.1 Å². The van der Waals surface area contributed by atoms with Gasteiger partial charge in [-0.05, 0) is 85.9 Å². The third kappa shape index (κ3) is 2.95. The molecule has 6 atom stereocenters. The zero-order valence-corrected chi connectivity index (χ0v) is 20.1. The summed E-state index contributed by atoms with van der Waals surface area (Å²) in [6.45, 7) is 16.5. The molecule has 0 aliphatic heterocycles. The summed E-state index contributed by atoms with van der Waals surface area (Å²) in [5.41, 5.74) is 1.86. The molecule has 2 saturated carbocycles. The van der Waals surface area contributed by atoms with Crippen LogP contribution in [-0.4, -0.2) is 20.2 Å². The van der Waals surface area contributed by atoms with Gasteiger partial charge in [-0.15, -0.1) is 0 Å². The van der Waals surface area contributed by atoms with Crippen molar-refractivity contribution in [2.24, 2.45) is 28.6 Å². The maximum Gasteiger partial charge on any atom is 0.192 e. The summed E-state index contributed by atoms with van der Waals surface area (Å²) >= 11 is 0. The van der Waals surface area contributed by atoms with Crippen molar-refractivity contribution in [1.29, 1.82) is 0 Å². The predicted molar refractivity (Wildman–Crippen MR) is 119 cm³/mol. The highest BCUT2D eigenvalue weighted by atomic mass is 28.4. The third-order valence-electron chi connectivity index (χ3n) is 9.60. The summed E-state index contributed by atoms with van der Waals surface area (Å²) in [6, 6.07) is 0. The molecule has 0 bridgehead atoms. The Labute approximate surface area is 173 Å². The van der Waals surface area contributed by atoms with Gasteiger partial charge in [0.05, 0.1) is 0 Å². The van der Waals surface area contributed by atoms with Gasteiger partial charge in [-0.1, -0.05) is 52.3 Å². The van der Waals surface area contributed by atoms with Crippen LogP contribution in [0.25, 0.3) is 0 Å².